The SMILES string of the molecule is O=C(CCN1CCCCC1)N/N=C/c1ccc2c(c1)OCO2. The van der Waals surface area contributed by atoms with Gasteiger partial charge in [0.1, 0.15) is 0 Å². The zero-order valence-corrected chi connectivity index (χ0v) is 12.6. The molecule has 2 aliphatic heterocycles. The van der Waals surface area contributed by atoms with Crippen LogP contribution in [0.2, 0.25) is 0 Å². The molecule has 1 N–H and O–H groups in total. The highest BCUT2D eigenvalue weighted by atomic mass is 16.7. The van der Waals surface area contributed by atoms with Crippen molar-refractivity contribution in [3.05, 3.63) is 23.8 Å². The molecule has 0 aromatic heterocycles. The monoisotopic (exact) mass is 303 g/mol. The van der Waals surface area contributed by atoms with Crippen molar-refractivity contribution in [3.63, 3.8) is 0 Å². The quantitative estimate of drug-likeness (QED) is 0.665. The second-order valence-corrected chi connectivity index (χ2v) is 5.56. The number of piperidine rings is 1. The van der Waals surface area contributed by atoms with Crippen LogP contribution in [-0.2, 0) is 4.79 Å². The van der Waals surface area contributed by atoms with Crippen LogP contribution in [0.3, 0.4) is 0 Å². The maximum Gasteiger partial charge on any atom is 0.241 e. The van der Waals surface area contributed by atoms with Crippen LogP contribution < -0.4 is 14.9 Å². The Labute approximate surface area is 130 Å². The van der Waals surface area contributed by atoms with Crippen LogP contribution in [0, 0.1) is 0 Å². The van der Waals surface area contributed by atoms with E-state index < -0.39 is 0 Å². The Kier molecular flexibility index (Phi) is 4.90. The Bertz CT molecular complexity index is 554. The number of hydrogen-bond acceptors (Lipinski definition) is 5. The van der Waals surface area contributed by atoms with Crippen LogP contribution in [0.15, 0.2) is 23.3 Å². The number of hydrogen-bond donors (Lipinski definition) is 1. The number of amides is 1. The van der Waals surface area contributed by atoms with Crippen molar-refractivity contribution in [1.82, 2.24) is 10.3 Å². The number of fused-ring (bicyclic) bond motifs is 1. The van der Waals surface area contributed by atoms with Gasteiger partial charge in [-0.15, -0.1) is 0 Å². The summed E-state index contributed by atoms with van der Waals surface area (Å²) in [5, 5.41) is 3.99. The van der Waals surface area contributed by atoms with E-state index in [1.165, 1.54) is 19.3 Å². The number of hydrazone groups is 1. The van der Waals surface area contributed by atoms with Crippen molar-refractivity contribution in [2.75, 3.05) is 26.4 Å². The van der Waals surface area contributed by atoms with Gasteiger partial charge in [-0.05, 0) is 49.7 Å². The summed E-state index contributed by atoms with van der Waals surface area (Å²) in [5.74, 6) is 1.39. The smallest absolute Gasteiger partial charge is 0.241 e. The van der Waals surface area contributed by atoms with Gasteiger partial charge in [-0.25, -0.2) is 5.43 Å². The zero-order valence-electron chi connectivity index (χ0n) is 12.6. The number of carbonyl (C=O) groups is 1. The number of nitrogens with zero attached hydrogens (tertiary/aromatic N) is 2. The first kappa shape index (κ1) is 14.8. The molecule has 0 unspecified atom stereocenters. The van der Waals surface area contributed by atoms with E-state index in [4.69, 9.17) is 9.47 Å². The molecule has 0 aliphatic carbocycles. The molecular weight excluding hydrogens is 282 g/mol. The molecular formula is C16H21N3O3. The number of carbonyl (C=O) groups excluding carboxylic acids is 1. The lowest BCUT2D eigenvalue weighted by molar-refractivity contribution is -0.121. The summed E-state index contributed by atoms with van der Waals surface area (Å²) in [7, 11) is 0. The molecule has 6 heteroatoms. The molecule has 6 nitrogen and oxygen atoms in total. The van der Waals surface area contributed by atoms with E-state index in [1.54, 1.807) is 6.21 Å². The third kappa shape index (κ3) is 3.98. The molecule has 1 amide bonds. The summed E-state index contributed by atoms with van der Waals surface area (Å²) in [6.45, 7) is 3.27. The van der Waals surface area contributed by atoms with E-state index in [-0.39, 0.29) is 12.7 Å². The van der Waals surface area contributed by atoms with Crippen LogP contribution in [0.1, 0.15) is 31.2 Å². The molecule has 3 rings (SSSR count). The predicted molar refractivity (Wildman–Crippen MR) is 83.2 cm³/mol. The molecule has 1 aromatic rings. The van der Waals surface area contributed by atoms with Crippen molar-refractivity contribution >= 4 is 12.1 Å². The third-order valence-corrected chi connectivity index (χ3v) is 3.90. The van der Waals surface area contributed by atoms with Crippen LogP contribution >= 0.6 is 0 Å². The maximum absolute atomic E-state index is 11.8. The zero-order chi connectivity index (χ0) is 15.2. The van der Waals surface area contributed by atoms with Gasteiger partial charge >= 0.3 is 0 Å². The number of nitrogens with one attached hydrogen (secondary N) is 1. The molecule has 0 spiro atoms. The highest BCUT2D eigenvalue weighted by Gasteiger charge is 2.13. The first-order chi connectivity index (χ1) is 10.8. The summed E-state index contributed by atoms with van der Waals surface area (Å²) in [6, 6.07) is 5.55. The maximum atomic E-state index is 11.8. The largest absolute Gasteiger partial charge is 0.454 e. The van der Waals surface area contributed by atoms with Gasteiger partial charge in [0.05, 0.1) is 6.21 Å². The number of benzene rings is 1. The highest BCUT2D eigenvalue weighted by Crippen LogP contribution is 2.31. The molecule has 2 heterocycles. The lowest BCUT2D eigenvalue weighted by atomic mass is 10.1. The van der Waals surface area contributed by atoms with Crippen molar-refractivity contribution in [2.45, 2.75) is 25.7 Å². The minimum Gasteiger partial charge on any atom is -0.454 e. The summed E-state index contributed by atoms with van der Waals surface area (Å²) in [6.07, 6.45) is 5.88. The predicted octanol–water partition coefficient (Wildman–Crippen LogP) is 1.74. The molecule has 1 aromatic carbocycles. The Balaban J connectivity index is 1.42. The lowest BCUT2D eigenvalue weighted by Gasteiger charge is -2.25. The fourth-order valence-electron chi connectivity index (χ4n) is 2.67. The highest BCUT2D eigenvalue weighted by molar-refractivity contribution is 5.83. The molecule has 2 aliphatic rings. The Hall–Kier alpha value is -2.08. The summed E-state index contributed by atoms with van der Waals surface area (Å²) in [5.41, 5.74) is 3.43. The molecule has 1 fully saturated rings. The second-order valence-electron chi connectivity index (χ2n) is 5.56. The molecule has 0 radical (unpaired) electrons. The second kappa shape index (κ2) is 7.26. The van der Waals surface area contributed by atoms with Crippen LogP contribution in [0.4, 0.5) is 0 Å². The normalized spacial score (nSPS) is 17.8. The van der Waals surface area contributed by atoms with Crippen LogP contribution in [0.25, 0.3) is 0 Å². The van der Waals surface area contributed by atoms with Crippen LogP contribution in [-0.4, -0.2) is 43.4 Å². The van der Waals surface area contributed by atoms with E-state index in [1.807, 2.05) is 18.2 Å². The fourth-order valence-corrected chi connectivity index (χ4v) is 2.67. The van der Waals surface area contributed by atoms with E-state index in [0.29, 0.717) is 12.2 Å². The van der Waals surface area contributed by atoms with Crippen molar-refractivity contribution in [3.8, 4) is 11.5 Å². The topological polar surface area (TPSA) is 63.2 Å². The molecule has 1 saturated heterocycles. The minimum absolute atomic E-state index is 0.0532. The van der Waals surface area contributed by atoms with E-state index in [0.717, 1.165) is 30.9 Å². The minimum atomic E-state index is -0.0532. The Morgan fingerprint density at radius 1 is 1.23 bits per heavy atom. The Morgan fingerprint density at radius 3 is 2.91 bits per heavy atom. The summed E-state index contributed by atoms with van der Waals surface area (Å²) in [4.78, 5) is 14.1. The van der Waals surface area contributed by atoms with E-state index in [2.05, 4.69) is 15.4 Å². The summed E-state index contributed by atoms with van der Waals surface area (Å²) < 4.78 is 10.5. The van der Waals surface area contributed by atoms with Crippen molar-refractivity contribution in [2.24, 2.45) is 5.10 Å². The van der Waals surface area contributed by atoms with E-state index >= 15 is 0 Å². The first-order valence-corrected chi connectivity index (χ1v) is 7.75. The average Bonchev–Trinajstić information content (AvgIpc) is 3.02. The van der Waals surface area contributed by atoms with Gasteiger partial charge in [0.25, 0.3) is 0 Å². The van der Waals surface area contributed by atoms with Gasteiger partial charge in [-0.3, -0.25) is 4.79 Å². The molecule has 118 valence electrons. The van der Waals surface area contributed by atoms with Crippen molar-refractivity contribution in [1.29, 1.82) is 0 Å². The molecule has 0 atom stereocenters. The van der Waals surface area contributed by atoms with Gasteiger partial charge < -0.3 is 14.4 Å². The number of ether oxygens (including phenoxy) is 2. The molecule has 0 saturated carbocycles. The van der Waals surface area contributed by atoms with Crippen molar-refractivity contribution < 1.29 is 14.3 Å². The average molecular weight is 303 g/mol. The van der Waals surface area contributed by atoms with Gasteiger partial charge in [0.2, 0.25) is 12.7 Å². The fraction of sp³-hybridized carbons (Fsp3) is 0.500. The summed E-state index contributed by atoms with van der Waals surface area (Å²) >= 11 is 0. The third-order valence-electron chi connectivity index (χ3n) is 3.90. The van der Waals surface area contributed by atoms with Gasteiger partial charge in [-0.1, -0.05) is 6.42 Å². The number of rotatable bonds is 5. The van der Waals surface area contributed by atoms with E-state index in [9.17, 15) is 4.79 Å². The van der Waals surface area contributed by atoms with Crippen LogP contribution in [0.5, 0.6) is 11.5 Å². The van der Waals surface area contributed by atoms with Gasteiger partial charge in [0, 0.05) is 13.0 Å². The lowest BCUT2D eigenvalue weighted by Crippen LogP contribution is -2.33. The first-order valence-electron chi connectivity index (χ1n) is 7.75. The molecule has 0 bridgehead atoms. The Morgan fingerprint density at radius 2 is 2.05 bits per heavy atom. The standard InChI is InChI=1S/C16H21N3O3/c20-16(6-9-19-7-2-1-3-8-19)18-17-11-13-4-5-14-15(10-13)22-12-21-14/h4-5,10-11H,1-3,6-9,12H2,(H,18,20)/b17-11+. The van der Waals surface area contributed by atoms with Gasteiger partial charge in [0.15, 0.2) is 11.5 Å². The number of likely N-dealkylation sites (tertiary alicyclic amines) is 1. The molecule has 22 heavy (non-hydrogen) atoms. The van der Waals surface area contributed by atoms with Gasteiger partial charge in [-0.2, -0.15) is 5.10 Å².